The molecule has 21 heavy (non-hydrogen) atoms. The zero-order valence-electron chi connectivity index (χ0n) is 11.4. The van der Waals surface area contributed by atoms with Crippen LogP contribution in [0.25, 0.3) is 0 Å². The Morgan fingerprint density at radius 1 is 1.24 bits per heavy atom. The van der Waals surface area contributed by atoms with Crippen molar-refractivity contribution in [1.29, 1.82) is 0 Å². The summed E-state index contributed by atoms with van der Waals surface area (Å²) < 4.78 is 32.5. The molecule has 0 saturated heterocycles. The zero-order chi connectivity index (χ0) is 14.8. The van der Waals surface area contributed by atoms with Gasteiger partial charge in [-0.25, -0.2) is 8.78 Å². The summed E-state index contributed by atoms with van der Waals surface area (Å²) in [6.45, 7) is 0.679. The first kappa shape index (κ1) is 14.0. The monoisotopic (exact) mass is 290 g/mol. The van der Waals surface area contributed by atoms with Gasteiger partial charge < -0.3 is 4.74 Å². The van der Waals surface area contributed by atoms with Crippen molar-refractivity contribution < 1.29 is 13.5 Å². The van der Waals surface area contributed by atoms with E-state index in [0.717, 1.165) is 29.4 Å². The Morgan fingerprint density at radius 3 is 2.90 bits per heavy atom. The van der Waals surface area contributed by atoms with Gasteiger partial charge in [-0.15, -0.1) is 0 Å². The summed E-state index contributed by atoms with van der Waals surface area (Å²) in [7, 11) is 0. The van der Waals surface area contributed by atoms with E-state index in [1.165, 1.54) is 6.07 Å². The van der Waals surface area contributed by atoms with Crippen LogP contribution in [0, 0.1) is 11.6 Å². The quantitative estimate of drug-likeness (QED) is 0.672. The number of hydrogen-bond donors (Lipinski definition) is 2. The number of halogens is 2. The molecular formula is C16H16F2N2O. The topological polar surface area (TPSA) is 47.3 Å². The molecule has 1 atom stereocenters. The van der Waals surface area contributed by atoms with Gasteiger partial charge in [-0.2, -0.15) is 0 Å². The highest BCUT2D eigenvalue weighted by molar-refractivity contribution is 5.41. The first-order valence-electron chi connectivity index (χ1n) is 6.83. The van der Waals surface area contributed by atoms with Crippen LogP contribution in [0.15, 0.2) is 36.4 Å². The summed E-state index contributed by atoms with van der Waals surface area (Å²) in [5, 5.41) is 0. The van der Waals surface area contributed by atoms with Crippen LogP contribution < -0.4 is 16.0 Å². The fourth-order valence-electron chi connectivity index (χ4n) is 2.62. The second-order valence-corrected chi connectivity index (χ2v) is 5.10. The van der Waals surface area contributed by atoms with Crippen LogP contribution in [0.5, 0.6) is 5.75 Å². The highest BCUT2D eigenvalue weighted by Gasteiger charge is 2.18. The van der Waals surface area contributed by atoms with E-state index >= 15 is 0 Å². The Balaban J connectivity index is 1.87. The molecule has 0 amide bonds. The van der Waals surface area contributed by atoms with Crippen LogP contribution in [0.1, 0.15) is 22.7 Å². The van der Waals surface area contributed by atoms with Gasteiger partial charge in [0.05, 0.1) is 12.6 Å². The van der Waals surface area contributed by atoms with Crippen LogP contribution in [-0.2, 0) is 12.8 Å². The third-order valence-corrected chi connectivity index (χ3v) is 3.77. The lowest BCUT2D eigenvalue weighted by Crippen LogP contribution is -2.30. The normalized spacial score (nSPS) is 14.6. The summed E-state index contributed by atoms with van der Waals surface area (Å²) in [5.41, 5.74) is 5.03. The third kappa shape index (κ3) is 2.75. The molecule has 5 heteroatoms. The van der Waals surface area contributed by atoms with Gasteiger partial charge in [0.2, 0.25) is 0 Å². The smallest absolute Gasteiger partial charge is 0.162 e. The number of hydrogen-bond acceptors (Lipinski definition) is 3. The van der Waals surface area contributed by atoms with Crippen molar-refractivity contribution in [2.45, 2.75) is 18.9 Å². The van der Waals surface area contributed by atoms with E-state index in [-0.39, 0.29) is 12.5 Å². The van der Waals surface area contributed by atoms with Crippen LogP contribution in [-0.4, -0.2) is 6.61 Å². The SMILES string of the molecule is NNC(Cc1cccc(F)c1F)c1ccc2c(c1)CCO2. The molecule has 0 radical (unpaired) electrons. The molecule has 1 aliphatic heterocycles. The van der Waals surface area contributed by atoms with E-state index in [1.807, 2.05) is 18.2 Å². The van der Waals surface area contributed by atoms with Crippen molar-refractivity contribution in [1.82, 2.24) is 5.43 Å². The molecule has 0 aliphatic carbocycles. The number of ether oxygens (including phenoxy) is 1. The van der Waals surface area contributed by atoms with E-state index in [1.54, 1.807) is 6.07 Å². The second-order valence-electron chi connectivity index (χ2n) is 5.10. The van der Waals surface area contributed by atoms with Crippen molar-refractivity contribution in [3.8, 4) is 5.75 Å². The van der Waals surface area contributed by atoms with Gasteiger partial charge in [0.1, 0.15) is 5.75 Å². The molecule has 110 valence electrons. The molecule has 1 unspecified atom stereocenters. The standard InChI is InChI=1S/C16H16F2N2O/c17-13-3-1-2-12(16(13)18)9-14(20-19)10-4-5-15-11(8-10)6-7-21-15/h1-5,8,14,20H,6-7,9,19H2. The lowest BCUT2D eigenvalue weighted by atomic mass is 9.97. The van der Waals surface area contributed by atoms with Gasteiger partial charge in [-0.1, -0.05) is 24.3 Å². The summed E-state index contributed by atoms with van der Waals surface area (Å²) in [6.07, 6.45) is 1.13. The number of fused-ring (bicyclic) bond motifs is 1. The van der Waals surface area contributed by atoms with Crippen molar-refractivity contribution >= 4 is 0 Å². The summed E-state index contributed by atoms with van der Waals surface area (Å²) in [5.74, 6) is 4.81. The average molecular weight is 290 g/mol. The van der Waals surface area contributed by atoms with Crippen molar-refractivity contribution in [2.24, 2.45) is 5.84 Å². The Labute approximate surface area is 121 Å². The van der Waals surface area contributed by atoms with E-state index < -0.39 is 11.6 Å². The maximum Gasteiger partial charge on any atom is 0.162 e. The Bertz CT molecular complexity index is 661. The largest absolute Gasteiger partial charge is 0.493 e. The summed E-state index contributed by atoms with van der Waals surface area (Å²) >= 11 is 0. The predicted molar refractivity (Wildman–Crippen MR) is 75.8 cm³/mol. The molecule has 1 aliphatic rings. The zero-order valence-corrected chi connectivity index (χ0v) is 11.4. The minimum atomic E-state index is -0.842. The molecule has 0 aromatic heterocycles. The number of rotatable bonds is 4. The number of nitrogens with two attached hydrogens (primary N) is 1. The first-order chi connectivity index (χ1) is 10.2. The molecule has 0 bridgehead atoms. The fraction of sp³-hybridized carbons (Fsp3) is 0.250. The molecule has 2 aromatic carbocycles. The maximum absolute atomic E-state index is 13.8. The third-order valence-electron chi connectivity index (χ3n) is 3.77. The van der Waals surface area contributed by atoms with E-state index in [4.69, 9.17) is 10.6 Å². The molecule has 3 nitrogen and oxygen atoms in total. The number of hydrazine groups is 1. The molecule has 0 saturated carbocycles. The molecular weight excluding hydrogens is 274 g/mol. The lowest BCUT2D eigenvalue weighted by molar-refractivity contribution is 0.356. The Hall–Kier alpha value is -1.98. The van der Waals surface area contributed by atoms with Crippen molar-refractivity contribution in [2.75, 3.05) is 6.61 Å². The minimum Gasteiger partial charge on any atom is -0.493 e. The van der Waals surface area contributed by atoms with Crippen molar-refractivity contribution in [3.63, 3.8) is 0 Å². The van der Waals surface area contributed by atoms with E-state index in [0.29, 0.717) is 12.2 Å². The number of benzene rings is 2. The van der Waals surface area contributed by atoms with Crippen molar-refractivity contribution in [3.05, 3.63) is 64.7 Å². The molecule has 0 fully saturated rings. The Kier molecular flexibility index (Phi) is 3.86. The predicted octanol–water partition coefficient (Wildman–Crippen LogP) is 2.65. The van der Waals surface area contributed by atoms with Gasteiger partial charge in [-0.05, 0) is 35.2 Å². The van der Waals surface area contributed by atoms with Gasteiger partial charge in [0.15, 0.2) is 11.6 Å². The lowest BCUT2D eigenvalue weighted by Gasteiger charge is -2.17. The molecule has 3 N–H and O–H groups in total. The molecule has 3 rings (SSSR count). The van der Waals surface area contributed by atoms with Gasteiger partial charge in [0.25, 0.3) is 0 Å². The fourth-order valence-corrected chi connectivity index (χ4v) is 2.62. The van der Waals surface area contributed by atoms with Gasteiger partial charge >= 0.3 is 0 Å². The maximum atomic E-state index is 13.8. The van der Waals surface area contributed by atoms with E-state index in [2.05, 4.69) is 5.43 Å². The summed E-state index contributed by atoms with van der Waals surface area (Å²) in [6, 6.07) is 9.68. The van der Waals surface area contributed by atoms with Crippen LogP contribution in [0.4, 0.5) is 8.78 Å². The van der Waals surface area contributed by atoms with Gasteiger partial charge in [0, 0.05) is 6.42 Å². The molecule has 1 heterocycles. The van der Waals surface area contributed by atoms with Crippen LogP contribution in [0.2, 0.25) is 0 Å². The first-order valence-corrected chi connectivity index (χ1v) is 6.83. The van der Waals surface area contributed by atoms with Gasteiger partial charge in [-0.3, -0.25) is 11.3 Å². The average Bonchev–Trinajstić information content (AvgIpc) is 2.96. The molecule has 2 aromatic rings. The number of nitrogens with one attached hydrogen (secondary N) is 1. The van der Waals surface area contributed by atoms with Crippen LogP contribution in [0.3, 0.4) is 0 Å². The Morgan fingerprint density at radius 2 is 2.10 bits per heavy atom. The highest BCUT2D eigenvalue weighted by atomic mass is 19.2. The minimum absolute atomic E-state index is 0.278. The second kappa shape index (κ2) is 5.79. The van der Waals surface area contributed by atoms with E-state index in [9.17, 15) is 8.78 Å². The van der Waals surface area contributed by atoms with Crippen LogP contribution >= 0.6 is 0 Å². The molecule has 0 spiro atoms. The highest BCUT2D eigenvalue weighted by Crippen LogP contribution is 2.29. The summed E-state index contributed by atoms with van der Waals surface area (Å²) in [4.78, 5) is 0.